The number of aromatic nitrogens is 1. The molecule has 1 aliphatic rings. The summed E-state index contributed by atoms with van der Waals surface area (Å²) in [7, 11) is 0. The van der Waals surface area contributed by atoms with E-state index in [1.807, 2.05) is 79.9 Å². The third kappa shape index (κ3) is 5.12. The molecule has 0 fully saturated rings. The first-order valence-electron chi connectivity index (χ1n) is 12.1. The number of carbonyl (C=O) groups excluding carboxylic acids is 2. The van der Waals surface area contributed by atoms with E-state index in [1.165, 1.54) is 11.1 Å². The van der Waals surface area contributed by atoms with E-state index in [9.17, 15) is 9.59 Å². The van der Waals surface area contributed by atoms with E-state index in [0.29, 0.717) is 19.4 Å². The lowest BCUT2D eigenvalue weighted by Gasteiger charge is -2.28. The van der Waals surface area contributed by atoms with Crippen LogP contribution in [0.25, 0.3) is 10.9 Å². The second kappa shape index (κ2) is 10.2. The largest absolute Gasteiger partial charge is 0.361 e. The van der Waals surface area contributed by atoms with Crippen molar-refractivity contribution in [1.82, 2.24) is 20.9 Å². The van der Waals surface area contributed by atoms with Crippen molar-refractivity contribution >= 4 is 22.7 Å². The first kappa shape index (κ1) is 22.9. The first-order chi connectivity index (χ1) is 17.1. The number of H-pyrrole nitrogens is 1. The first-order valence-corrected chi connectivity index (χ1v) is 12.1. The summed E-state index contributed by atoms with van der Waals surface area (Å²) in [4.78, 5) is 30.0. The topological polar surface area (TPSA) is 86.0 Å². The van der Waals surface area contributed by atoms with Crippen LogP contribution in [0, 0.1) is 0 Å². The molecule has 0 radical (unpaired) electrons. The molecular weight excluding hydrogens is 436 g/mol. The molecule has 0 aliphatic carbocycles. The Labute approximate surface area is 205 Å². The van der Waals surface area contributed by atoms with E-state index in [-0.39, 0.29) is 23.9 Å². The third-order valence-electron chi connectivity index (χ3n) is 6.79. The number of hydrogen-bond acceptors (Lipinski definition) is 3. The Morgan fingerprint density at radius 1 is 0.914 bits per heavy atom. The predicted molar refractivity (Wildman–Crippen MR) is 138 cm³/mol. The lowest BCUT2D eigenvalue weighted by atomic mass is 9.95. The average molecular weight is 467 g/mol. The maximum atomic E-state index is 13.4. The fourth-order valence-corrected chi connectivity index (χ4v) is 4.78. The summed E-state index contributed by atoms with van der Waals surface area (Å²) in [5.41, 5.74) is 5.40. The number of nitrogens with one attached hydrogen (secondary N) is 4. The molecule has 4 aromatic rings. The molecule has 0 bridgehead atoms. The van der Waals surface area contributed by atoms with Gasteiger partial charge in [-0.3, -0.25) is 9.59 Å². The molecule has 6 heteroatoms. The van der Waals surface area contributed by atoms with Crippen LogP contribution in [0.3, 0.4) is 0 Å². The maximum absolute atomic E-state index is 13.4. The van der Waals surface area contributed by atoms with Crippen molar-refractivity contribution in [3.63, 3.8) is 0 Å². The van der Waals surface area contributed by atoms with Crippen molar-refractivity contribution in [2.24, 2.45) is 0 Å². The number of fused-ring (bicyclic) bond motifs is 2. The van der Waals surface area contributed by atoms with Crippen molar-refractivity contribution in [1.29, 1.82) is 0 Å². The highest BCUT2D eigenvalue weighted by Crippen LogP contribution is 2.21. The molecule has 0 saturated heterocycles. The SMILES string of the molecule is C[C@H](NC(=O)[C@H](Cc1c[nH]c2ccccc12)NC(=O)[C@@H]1Cc2ccccc2CN1)c1ccccc1. The number of rotatable bonds is 7. The molecule has 3 aromatic carbocycles. The zero-order valence-corrected chi connectivity index (χ0v) is 19.8. The van der Waals surface area contributed by atoms with Crippen LogP contribution in [0.4, 0.5) is 0 Å². The molecule has 1 aliphatic heterocycles. The Morgan fingerprint density at radius 3 is 2.46 bits per heavy atom. The third-order valence-corrected chi connectivity index (χ3v) is 6.79. The molecule has 4 N–H and O–H groups in total. The van der Waals surface area contributed by atoms with Gasteiger partial charge in [-0.25, -0.2) is 0 Å². The summed E-state index contributed by atoms with van der Waals surface area (Å²) in [6.07, 6.45) is 2.92. The second-order valence-corrected chi connectivity index (χ2v) is 9.17. The van der Waals surface area contributed by atoms with Crippen LogP contribution in [0.5, 0.6) is 0 Å². The number of hydrogen-bond donors (Lipinski definition) is 4. The molecule has 178 valence electrons. The molecule has 2 amide bonds. The van der Waals surface area contributed by atoms with Gasteiger partial charge >= 0.3 is 0 Å². The van der Waals surface area contributed by atoms with Gasteiger partial charge in [0.05, 0.1) is 12.1 Å². The molecular formula is C29H30N4O2. The number of amides is 2. The smallest absolute Gasteiger partial charge is 0.243 e. The molecule has 6 nitrogen and oxygen atoms in total. The molecule has 0 spiro atoms. The number of aromatic amines is 1. The van der Waals surface area contributed by atoms with E-state index in [2.05, 4.69) is 33.1 Å². The minimum Gasteiger partial charge on any atom is -0.361 e. The van der Waals surface area contributed by atoms with Crippen LogP contribution in [-0.2, 0) is 29.0 Å². The lowest BCUT2D eigenvalue weighted by molar-refractivity contribution is -0.130. The number of carbonyl (C=O) groups is 2. The highest BCUT2D eigenvalue weighted by molar-refractivity contribution is 5.91. The summed E-state index contributed by atoms with van der Waals surface area (Å²) in [6, 6.07) is 24.7. The van der Waals surface area contributed by atoms with Crippen molar-refractivity contribution in [3.8, 4) is 0 Å². The van der Waals surface area contributed by atoms with Gasteiger partial charge in [-0.1, -0.05) is 72.8 Å². The van der Waals surface area contributed by atoms with E-state index < -0.39 is 6.04 Å². The van der Waals surface area contributed by atoms with Crippen molar-refractivity contribution in [2.45, 2.75) is 44.4 Å². The van der Waals surface area contributed by atoms with Crippen molar-refractivity contribution < 1.29 is 9.59 Å². The van der Waals surface area contributed by atoms with Crippen LogP contribution >= 0.6 is 0 Å². The van der Waals surface area contributed by atoms with Crippen LogP contribution < -0.4 is 16.0 Å². The summed E-state index contributed by atoms with van der Waals surface area (Å²) in [5.74, 6) is -0.358. The molecule has 1 aromatic heterocycles. The van der Waals surface area contributed by atoms with Gasteiger partial charge in [-0.15, -0.1) is 0 Å². The number of para-hydroxylation sites is 1. The van der Waals surface area contributed by atoms with Gasteiger partial charge in [0.15, 0.2) is 0 Å². The maximum Gasteiger partial charge on any atom is 0.243 e. The zero-order chi connectivity index (χ0) is 24.2. The van der Waals surface area contributed by atoms with Crippen LogP contribution in [0.15, 0.2) is 85.1 Å². The standard InChI is InChI=1S/C29H30N4O2/c1-19(20-9-3-2-4-10-20)32-29(35)27(16-23-18-30-25-14-8-7-13-24(23)25)33-28(34)26-15-21-11-5-6-12-22(21)17-31-26/h2-14,18-19,26-27,30-31H,15-17H2,1H3,(H,32,35)(H,33,34)/t19-,26-,27-/m0/s1. The monoisotopic (exact) mass is 466 g/mol. The van der Waals surface area contributed by atoms with E-state index in [1.54, 1.807) is 0 Å². The van der Waals surface area contributed by atoms with Gasteiger partial charge < -0.3 is 20.9 Å². The Hall–Kier alpha value is -3.90. The van der Waals surface area contributed by atoms with E-state index in [0.717, 1.165) is 22.0 Å². The summed E-state index contributed by atoms with van der Waals surface area (Å²) >= 11 is 0. The number of benzene rings is 3. The minimum atomic E-state index is -0.702. The van der Waals surface area contributed by atoms with Crippen LogP contribution in [0.2, 0.25) is 0 Å². The normalized spacial score (nSPS) is 16.8. The van der Waals surface area contributed by atoms with E-state index >= 15 is 0 Å². The molecule has 2 heterocycles. The Balaban J connectivity index is 1.35. The Morgan fingerprint density at radius 2 is 1.63 bits per heavy atom. The van der Waals surface area contributed by atoms with Gasteiger partial charge in [0.25, 0.3) is 0 Å². The van der Waals surface area contributed by atoms with Gasteiger partial charge in [-0.05, 0) is 41.7 Å². The quantitative estimate of drug-likeness (QED) is 0.334. The Kier molecular flexibility index (Phi) is 6.64. The van der Waals surface area contributed by atoms with Gasteiger partial charge in [0, 0.05) is 30.1 Å². The van der Waals surface area contributed by atoms with Crippen LogP contribution in [-0.4, -0.2) is 28.9 Å². The Bertz CT molecular complexity index is 1330. The fraction of sp³-hybridized carbons (Fsp3) is 0.241. The molecule has 35 heavy (non-hydrogen) atoms. The van der Waals surface area contributed by atoms with Crippen molar-refractivity contribution in [2.75, 3.05) is 0 Å². The summed E-state index contributed by atoms with van der Waals surface area (Å²) in [5, 5.41) is 10.5. The minimum absolute atomic E-state index is 0.160. The summed E-state index contributed by atoms with van der Waals surface area (Å²) < 4.78 is 0. The highest BCUT2D eigenvalue weighted by atomic mass is 16.2. The van der Waals surface area contributed by atoms with E-state index in [4.69, 9.17) is 0 Å². The molecule has 0 saturated carbocycles. The second-order valence-electron chi connectivity index (χ2n) is 9.17. The molecule has 5 rings (SSSR count). The van der Waals surface area contributed by atoms with Crippen LogP contribution in [0.1, 0.15) is 35.2 Å². The van der Waals surface area contributed by atoms with Gasteiger partial charge in [0.2, 0.25) is 11.8 Å². The summed E-state index contributed by atoms with van der Waals surface area (Å²) in [6.45, 7) is 2.59. The molecule has 0 unspecified atom stereocenters. The van der Waals surface area contributed by atoms with Crippen molar-refractivity contribution in [3.05, 3.63) is 107 Å². The average Bonchev–Trinajstić information content (AvgIpc) is 3.31. The zero-order valence-electron chi connectivity index (χ0n) is 19.8. The van der Waals surface area contributed by atoms with Gasteiger partial charge in [0.1, 0.15) is 6.04 Å². The highest BCUT2D eigenvalue weighted by Gasteiger charge is 2.29. The lowest BCUT2D eigenvalue weighted by Crippen LogP contribution is -2.55. The predicted octanol–water partition coefficient (Wildman–Crippen LogP) is 3.79. The molecule has 3 atom stereocenters. The fourth-order valence-electron chi connectivity index (χ4n) is 4.78. The van der Waals surface area contributed by atoms with Gasteiger partial charge in [-0.2, -0.15) is 0 Å².